The fourth-order valence-electron chi connectivity index (χ4n) is 1.43. The van der Waals surface area contributed by atoms with Crippen LogP contribution in [0, 0.1) is 5.82 Å². The Balaban J connectivity index is 2.13. The molecular formula is C10H12BrFN2. The lowest BCUT2D eigenvalue weighted by Gasteiger charge is -2.13. The van der Waals surface area contributed by atoms with Crippen molar-refractivity contribution in [3.05, 3.63) is 28.2 Å². The zero-order chi connectivity index (χ0) is 10.1. The van der Waals surface area contributed by atoms with E-state index >= 15 is 0 Å². The number of aromatic nitrogens is 1. The number of nitrogens with zero attached hydrogens (tertiary/aromatic N) is 1. The van der Waals surface area contributed by atoms with Crippen LogP contribution in [0.4, 0.5) is 4.39 Å². The highest BCUT2D eigenvalue weighted by Crippen LogP contribution is 2.24. The molecular weight excluding hydrogens is 247 g/mol. The Morgan fingerprint density at radius 2 is 2.36 bits per heavy atom. The van der Waals surface area contributed by atoms with Gasteiger partial charge in [-0.3, -0.25) is 4.98 Å². The van der Waals surface area contributed by atoms with Crippen molar-refractivity contribution in [1.29, 1.82) is 0 Å². The third-order valence-electron chi connectivity index (χ3n) is 2.31. The van der Waals surface area contributed by atoms with Crippen LogP contribution in [0.15, 0.2) is 16.7 Å². The Kier molecular flexibility index (Phi) is 2.83. The van der Waals surface area contributed by atoms with Crippen molar-refractivity contribution in [1.82, 2.24) is 10.3 Å². The van der Waals surface area contributed by atoms with E-state index in [1.165, 1.54) is 18.9 Å². The SMILES string of the molecule is CC(NC1CC1)c1ncc(Br)cc1F. The average molecular weight is 259 g/mol. The van der Waals surface area contributed by atoms with Gasteiger partial charge in [0.2, 0.25) is 0 Å². The van der Waals surface area contributed by atoms with Crippen LogP contribution in [0.1, 0.15) is 31.5 Å². The van der Waals surface area contributed by atoms with Crippen molar-refractivity contribution in [3.8, 4) is 0 Å². The van der Waals surface area contributed by atoms with Gasteiger partial charge in [0.05, 0.1) is 5.69 Å². The largest absolute Gasteiger partial charge is 0.306 e. The van der Waals surface area contributed by atoms with E-state index in [-0.39, 0.29) is 11.9 Å². The van der Waals surface area contributed by atoms with Crippen LogP contribution < -0.4 is 5.32 Å². The molecule has 1 unspecified atom stereocenters. The Bertz CT molecular complexity index is 339. The van der Waals surface area contributed by atoms with Gasteiger partial charge >= 0.3 is 0 Å². The van der Waals surface area contributed by atoms with E-state index in [2.05, 4.69) is 26.2 Å². The summed E-state index contributed by atoms with van der Waals surface area (Å²) in [6, 6.07) is 2.01. The topological polar surface area (TPSA) is 24.9 Å². The fraction of sp³-hybridized carbons (Fsp3) is 0.500. The third-order valence-corrected chi connectivity index (χ3v) is 2.74. The first-order valence-electron chi connectivity index (χ1n) is 4.74. The Labute approximate surface area is 91.1 Å². The highest BCUT2D eigenvalue weighted by molar-refractivity contribution is 9.10. The first-order chi connectivity index (χ1) is 6.66. The first-order valence-corrected chi connectivity index (χ1v) is 5.53. The maximum Gasteiger partial charge on any atom is 0.147 e. The molecule has 1 aliphatic rings. The normalized spacial score (nSPS) is 18.2. The van der Waals surface area contributed by atoms with Gasteiger partial charge in [-0.15, -0.1) is 0 Å². The van der Waals surface area contributed by atoms with Gasteiger partial charge in [0.15, 0.2) is 0 Å². The lowest BCUT2D eigenvalue weighted by molar-refractivity contribution is 0.510. The molecule has 14 heavy (non-hydrogen) atoms. The monoisotopic (exact) mass is 258 g/mol. The predicted octanol–water partition coefficient (Wildman–Crippen LogP) is 2.80. The smallest absolute Gasteiger partial charge is 0.147 e. The second kappa shape index (κ2) is 3.95. The molecule has 1 saturated carbocycles. The minimum atomic E-state index is -0.250. The van der Waals surface area contributed by atoms with Crippen LogP contribution in [-0.4, -0.2) is 11.0 Å². The quantitative estimate of drug-likeness (QED) is 0.902. The third kappa shape index (κ3) is 2.30. The lowest BCUT2D eigenvalue weighted by atomic mass is 10.2. The second-order valence-corrected chi connectivity index (χ2v) is 4.60. The highest BCUT2D eigenvalue weighted by Gasteiger charge is 2.24. The van der Waals surface area contributed by atoms with E-state index < -0.39 is 0 Å². The highest BCUT2D eigenvalue weighted by atomic mass is 79.9. The van der Waals surface area contributed by atoms with Crippen LogP contribution in [0.2, 0.25) is 0 Å². The maximum atomic E-state index is 13.4. The molecule has 2 rings (SSSR count). The maximum absolute atomic E-state index is 13.4. The van der Waals surface area contributed by atoms with E-state index in [1.807, 2.05) is 6.92 Å². The van der Waals surface area contributed by atoms with Crippen molar-refractivity contribution in [2.24, 2.45) is 0 Å². The summed E-state index contributed by atoms with van der Waals surface area (Å²) in [5.74, 6) is -0.250. The van der Waals surface area contributed by atoms with Gasteiger partial charge in [0, 0.05) is 22.8 Å². The summed E-state index contributed by atoms with van der Waals surface area (Å²) in [5.41, 5.74) is 0.500. The van der Waals surface area contributed by atoms with Gasteiger partial charge in [-0.1, -0.05) is 0 Å². The number of hydrogen-bond acceptors (Lipinski definition) is 2. The second-order valence-electron chi connectivity index (χ2n) is 3.68. The zero-order valence-corrected chi connectivity index (χ0v) is 9.51. The summed E-state index contributed by atoms with van der Waals surface area (Å²) in [7, 11) is 0. The molecule has 0 saturated heterocycles. The average Bonchev–Trinajstić information content (AvgIpc) is 2.87. The molecule has 1 aliphatic carbocycles. The zero-order valence-electron chi connectivity index (χ0n) is 7.93. The summed E-state index contributed by atoms with van der Waals surface area (Å²) in [6.07, 6.45) is 4.02. The first kappa shape index (κ1) is 10.1. The molecule has 76 valence electrons. The number of halogens is 2. The summed E-state index contributed by atoms with van der Waals surface area (Å²) in [5, 5.41) is 3.31. The van der Waals surface area contributed by atoms with Crippen LogP contribution in [-0.2, 0) is 0 Å². The molecule has 0 bridgehead atoms. The number of hydrogen-bond donors (Lipinski definition) is 1. The number of pyridine rings is 1. The molecule has 1 atom stereocenters. The molecule has 1 heterocycles. The molecule has 1 aromatic rings. The Hall–Kier alpha value is -0.480. The van der Waals surface area contributed by atoms with E-state index in [4.69, 9.17) is 0 Å². The molecule has 0 spiro atoms. The van der Waals surface area contributed by atoms with Crippen LogP contribution >= 0.6 is 15.9 Å². The minimum absolute atomic E-state index is 0.00407. The molecule has 0 aromatic carbocycles. The van der Waals surface area contributed by atoms with Crippen molar-refractivity contribution >= 4 is 15.9 Å². The summed E-state index contributed by atoms with van der Waals surface area (Å²) < 4.78 is 14.1. The van der Waals surface area contributed by atoms with Gasteiger partial charge in [0.25, 0.3) is 0 Å². The summed E-state index contributed by atoms with van der Waals surface area (Å²) in [6.45, 7) is 1.94. The molecule has 0 radical (unpaired) electrons. The number of rotatable bonds is 3. The Morgan fingerprint density at radius 3 is 2.93 bits per heavy atom. The van der Waals surface area contributed by atoms with Crippen molar-refractivity contribution in [2.75, 3.05) is 0 Å². The summed E-state index contributed by atoms with van der Waals surface area (Å²) >= 11 is 3.19. The molecule has 1 fully saturated rings. The van der Waals surface area contributed by atoms with Crippen LogP contribution in [0.3, 0.4) is 0 Å². The molecule has 0 amide bonds. The van der Waals surface area contributed by atoms with Crippen molar-refractivity contribution < 1.29 is 4.39 Å². The van der Waals surface area contributed by atoms with Crippen molar-refractivity contribution in [2.45, 2.75) is 31.8 Å². The van der Waals surface area contributed by atoms with E-state index in [1.54, 1.807) is 6.20 Å². The van der Waals surface area contributed by atoms with E-state index in [9.17, 15) is 4.39 Å². The summed E-state index contributed by atoms with van der Waals surface area (Å²) in [4.78, 5) is 4.07. The van der Waals surface area contributed by atoms with Gasteiger partial charge in [-0.25, -0.2) is 4.39 Å². The standard InChI is InChI=1S/C10H12BrFN2/c1-6(14-8-2-3-8)10-9(12)4-7(11)5-13-10/h4-6,8,14H,2-3H2,1H3. The molecule has 1 aromatic heterocycles. The van der Waals surface area contributed by atoms with Gasteiger partial charge < -0.3 is 5.32 Å². The van der Waals surface area contributed by atoms with Crippen molar-refractivity contribution in [3.63, 3.8) is 0 Å². The Morgan fingerprint density at radius 1 is 1.64 bits per heavy atom. The van der Waals surface area contributed by atoms with Crippen LogP contribution in [0.25, 0.3) is 0 Å². The lowest BCUT2D eigenvalue weighted by Crippen LogP contribution is -2.22. The van der Waals surface area contributed by atoms with E-state index in [0.29, 0.717) is 16.2 Å². The van der Waals surface area contributed by atoms with E-state index in [0.717, 1.165) is 0 Å². The fourth-order valence-corrected chi connectivity index (χ4v) is 1.73. The molecule has 0 aliphatic heterocycles. The van der Waals surface area contributed by atoms with Gasteiger partial charge in [-0.2, -0.15) is 0 Å². The van der Waals surface area contributed by atoms with Gasteiger partial charge in [-0.05, 0) is 41.8 Å². The minimum Gasteiger partial charge on any atom is -0.306 e. The molecule has 2 nitrogen and oxygen atoms in total. The predicted molar refractivity (Wildman–Crippen MR) is 56.5 cm³/mol. The number of nitrogens with one attached hydrogen (secondary N) is 1. The molecule has 1 N–H and O–H groups in total. The molecule has 4 heteroatoms. The van der Waals surface area contributed by atoms with Crippen LogP contribution in [0.5, 0.6) is 0 Å². The van der Waals surface area contributed by atoms with Gasteiger partial charge in [0.1, 0.15) is 5.82 Å².